The van der Waals surface area contributed by atoms with Crippen LogP contribution in [0.3, 0.4) is 0 Å². The van der Waals surface area contributed by atoms with Crippen LogP contribution in [-0.2, 0) is 9.59 Å². The third kappa shape index (κ3) is 4.11. The summed E-state index contributed by atoms with van der Waals surface area (Å²) >= 11 is 0. The number of likely N-dealkylation sites (N-methyl/N-ethyl adjacent to an activating group) is 1. The van der Waals surface area contributed by atoms with Crippen LogP contribution < -0.4 is 15.1 Å². The molecule has 0 spiro atoms. The summed E-state index contributed by atoms with van der Waals surface area (Å²) in [5, 5.41) is 2.88. The molecule has 28 heavy (non-hydrogen) atoms. The smallest absolute Gasteiger partial charge is 0.276 e. The molecule has 1 aliphatic rings. The number of aryl methyl sites for hydroxylation is 1. The number of allylic oxidation sites excluding steroid dienone is 2. The molecule has 0 bridgehead atoms. The third-order valence-corrected chi connectivity index (χ3v) is 4.61. The molecule has 6 nitrogen and oxygen atoms in total. The summed E-state index contributed by atoms with van der Waals surface area (Å²) in [5.41, 5.74) is 3.29. The fraction of sp³-hybridized carbons (Fsp3) is 0.227. The van der Waals surface area contributed by atoms with Gasteiger partial charge < -0.3 is 10.2 Å². The van der Waals surface area contributed by atoms with Gasteiger partial charge in [-0.15, -0.1) is 0 Å². The number of fused-ring (bicyclic) bond motifs is 1. The fourth-order valence-corrected chi connectivity index (χ4v) is 3.13. The number of nitrogens with one attached hydrogen (secondary N) is 1. The maximum Gasteiger partial charge on any atom is 0.276 e. The van der Waals surface area contributed by atoms with Crippen molar-refractivity contribution in [2.75, 3.05) is 28.7 Å². The van der Waals surface area contributed by atoms with E-state index in [0.29, 0.717) is 30.9 Å². The Labute approximate surface area is 165 Å². The van der Waals surface area contributed by atoms with Crippen LogP contribution in [0.25, 0.3) is 0 Å². The molecule has 1 aromatic carbocycles. The predicted molar refractivity (Wildman–Crippen MR) is 112 cm³/mol. The van der Waals surface area contributed by atoms with Gasteiger partial charge in [-0.2, -0.15) is 0 Å². The summed E-state index contributed by atoms with van der Waals surface area (Å²) in [6, 6.07) is 11.4. The van der Waals surface area contributed by atoms with E-state index in [2.05, 4.69) is 16.9 Å². The first-order valence-electron chi connectivity index (χ1n) is 9.21. The van der Waals surface area contributed by atoms with Gasteiger partial charge in [0, 0.05) is 31.9 Å². The van der Waals surface area contributed by atoms with Gasteiger partial charge in [-0.25, -0.2) is 4.98 Å². The second-order valence-corrected chi connectivity index (χ2v) is 6.67. The van der Waals surface area contributed by atoms with Crippen LogP contribution in [0.4, 0.5) is 17.2 Å². The van der Waals surface area contributed by atoms with Crippen molar-refractivity contribution in [2.24, 2.45) is 0 Å². The summed E-state index contributed by atoms with van der Waals surface area (Å²) < 4.78 is 0. The highest BCUT2D eigenvalue weighted by Gasteiger charge is 2.32. The van der Waals surface area contributed by atoms with Gasteiger partial charge in [0.15, 0.2) is 5.82 Å². The number of hydrogen-bond acceptors (Lipinski definition) is 4. The van der Waals surface area contributed by atoms with E-state index in [0.717, 1.165) is 16.9 Å². The Balaban J connectivity index is 1.67. The van der Waals surface area contributed by atoms with Crippen LogP contribution in [0.5, 0.6) is 0 Å². The van der Waals surface area contributed by atoms with Crippen molar-refractivity contribution in [1.29, 1.82) is 0 Å². The number of carbonyl (C=O) groups excluding carboxylic acids is 2. The minimum atomic E-state index is -0.146. The van der Waals surface area contributed by atoms with Gasteiger partial charge in [0.2, 0.25) is 5.91 Å². The monoisotopic (exact) mass is 376 g/mol. The highest BCUT2D eigenvalue weighted by Crippen LogP contribution is 2.34. The van der Waals surface area contributed by atoms with Gasteiger partial charge in [0.25, 0.3) is 5.91 Å². The first-order valence-corrected chi connectivity index (χ1v) is 9.21. The molecule has 0 saturated carbocycles. The fourth-order valence-electron chi connectivity index (χ4n) is 3.13. The van der Waals surface area contributed by atoms with E-state index in [-0.39, 0.29) is 11.8 Å². The lowest BCUT2D eigenvalue weighted by molar-refractivity contribution is -0.117. The molecular weight excluding hydrogens is 352 g/mol. The molecular formula is C22H24N4O2. The van der Waals surface area contributed by atoms with Crippen molar-refractivity contribution in [3.05, 3.63) is 72.6 Å². The van der Waals surface area contributed by atoms with Crippen LogP contribution >= 0.6 is 0 Å². The van der Waals surface area contributed by atoms with E-state index in [9.17, 15) is 9.59 Å². The molecule has 1 aliphatic heterocycles. The van der Waals surface area contributed by atoms with Crippen molar-refractivity contribution in [2.45, 2.75) is 19.8 Å². The minimum Gasteiger partial charge on any atom is -0.337 e. The molecule has 0 fully saturated rings. The Morgan fingerprint density at radius 3 is 2.71 bits per heavy atom. The Morgan fingerprint density at radius 1 is 1.25 bits per heavy atom. The molecule has 0 atom stereocenters. The van der Waals surface area contributed by atoms with Crippen LogP contribution in [0.2, 0.25) is 0 Å². The zero-order chi connectivity index (χ0) is 20.1. The van der Waals surface area contributed by atoms with Crippen molar-refractivity contribution >= 4 is 29.0 Å². The van der Waals surface area contributed by atoms with Gasteiger partial charge in [0.05, 0.1) is 5.69 Å². The number of nitrogens with zero attached hydrogens (tertiary/aromatic N) is 3. The van der Waals surface area contributed by atoms with Gasteiger partial charge in [-0.05, 0) is 43.7 Å². The minimum absolute atomic E-state index is 0.0754. The summed E-state index contributed by atoms with van der Waals surface area (Å²) in [4.78, 5) is 33.0. The molecule has 144 valence electrons. The van der Waals surface area contributed by atoms with Gasteiger partial charge in [-0.3, -0.25) is 14.5 Å². The van der Waals surface area contributed by atoms with Crippen molar-refractivity contribution in [1.82, 2.24) is 4.98 Å². The Morgan fingerprint density at radius 2 is 2.00 bits per heavy atom. The lowest BCUT2D eigenvalue weighted by Crippen LogP contribution is -2.43. The van der Waals surface area contributed by atoms with E-state index >= 15 is 0 Å². The van der Waals surface area contributed by atoms with Crippen LogP contribution in [0, 0.1) is 6.92 Å². The van der Waals surface area contributed by atoms with E-state index in [1.807, 2.05) is 55.3 Å². The largest absolute Gasteiger partial charge is 0.337 e. The zero-order valence-corrected chi connectivity index (χ0v) is 16.2. The summed E-state index contributed by atoms with van der Waals surface area (Å²) in [6.07, 6.45) is 5.80. The predicted octanol–water partition coefficient (Wildman–Crippen LogP) is 3.66. The lowest BCUT2D eigenvalue weighted by atomic mass is 10.1. The number of carbonyl (C=O) groups is 2. The summed E-state index contributed by atoms with van der Waals surface area (Å²) in [5.74, 6) is 0.385. The number of hydrogen-bond donors (Lipinski definition) is 1. The molecule has 6 heteroatoms. The Hall–Kier alpha value is -3.41. The summed E-state index contributed by atoms with van der Waals surface area (Å²) in [6.45, 7) is 6.10. The van der Waals surface area contributed by atoms with E-state index < -0.39 is 0 Å². The zero-order valence-electron chi connectivity index (χ0n) is 16.2. The molecule has 2 heterocycles. The topological polar surface area (TPSA) is 65.5 Å². The molecule has 1 N–H and O–H groups in total. The average molecular weight is 376 g/mol. The lowest BCUT2D eigenvalue weighted by Gasteiger charge is -2.35. The van der Waals surface area contributed by atoms with Crippen molar-refractivity contribution in [3.63, 3.8) is 0 Å². The van der Waals surface area contributed by atoms with Gasteiger partial charge in [-0.1, -0.05) is 30.4 Å². The maximum atomic E-state index is 12.9. The highest BCUT2D eigenvalue weighted by atomic mass is 16.2. The number of benzene rings is 1. The quantitative estimate of drug-likeness (QED) is 0.782. The molecule has 3 rings (SSSR count). The van der Waals surface area contributed by atoms with E-state index in [4.69, 9.17) is 0 Å². The normalized spacial score (nSPS) is 14.8. The summed E-state index contributed by atoms with van der Waals surface area (Å²) in [7, 11) is 1.83. The molecule has 2 aromatic rings. The molecule has 0 aliphatic carbocycles. The van der Waals surface area contributed by atoms with Crippen LogP contribution in [0.1, 0.15) is 18.4 Å². The first-order chi connectivity index (χ1) is 13.5. The van der Waals surface area contributed by atoms with Crippen LogP contribution in [0.15, 0.2) is 67.0 Å². The van der Waals surface area contributed by atoms with E-state index in [1.165, 1.54) is 0 Å². The Kier molecular flexibility index (Phi) is 5.89. The molecule has 2 amide bonds. The number of rotatable bonds is 6. The molecule has 0 unspecified atom stereocenters. The maximum absolute atomic E-state index is 12.9. The average Bonchev–Trinajstić information content (AvgIpc) is 2.69. The number of aromatic nitrogens is 1. The molecule has 0 radical (unpaired) electrons. The number of amides is 2. The van der Waals surface area contributed by atoms with E-state index in [1.54, 1.807) is 23.2 Å². The Bertz CT molecular complexity index is 918. The second-order valence-electron chi connectivity index (χ2n) is 6.67. The van der Waals surface area contributed by atoms with Gasteiger partial charge in [0.1, 0.15) is 5.70 Å². The SMILES string of the molecule is C=C/C=C1/C(=O)N(CCCC(=O)Nc2ccc(C)cc2)c2ncccc2N1C. The third-order valence-electron chi connectivity index (χ3n) is 4.61. The highest BCUT2D eigenvalue weighted by molar-refractivity contribution is 6.12. The molecule has 1 aromatic heterocycles. The van der Waals surface area contributed by atoms with Gasteiger partial charge >= 0.3 is 0 Å². The molecule has 0 saturated heterocycles. The first kappa shape index (κ1) is 19.4. The van der Waals surface area contributed by atoms with Crippen molar-refractivity contribution in [3.8, 4) is 0 Å². The van der Waals surface area contributed by atoms with Crippen molar-refractivity contribution < 1.29 is 9.59 Å². The standard InChI is InChI=1S/C22H24N4O2/c1-4-7-19-22(28)26(21-18(25(19)3)8-5-14-23-21)15-6-9-20(27)24-17-12-10-16(2)11-13-17/h4-5,7-8,10-14H,1,6,9,15H2,2-3H3,(H,24,27)/b19-7-. The van der Waals surface area contributed by atoms with Crippen LogP contribution in [-0.4, -0.2) is 30.4 Å². The second kappa shape index (κ2) is 8.52. The number of pyridine rings is 1. The number of anilines is 3.